The topological polar surface area (TPSA) is 83.2 Å². The Balaban J connectivity index is 2.23. The van der Waals surface area contributed by atoms with Gasteiger partial charge in [0, 0.05) is 18.4 Å². The van der Waals surface area contributed by atoms with Gasteiger partial charge in [-0.05, 0) is 19.9 Å². The van der Waals surface area contributed by atoms with Crippen molar-refractivity contribution in [1.29, 1.82) is 0 Å². The van der Waals surface area contributed by atoms with Gasteiger partial charge in [0.15, 0.2) is 0 Å². The Labute approximate surface area is 102 Å². The largest absolute Gasteiger partial charge is 0.433 e. The van der Waals surface area contributed by atoms with Gasteiger partial charge in [0.25, 0.3) is 0 Å². The summed E-state index contributed by atoms with van der Waals surface area (Å²) in [5, 5.41) is 10.5. The maximum Gasteiger partial charge on any atom is 0.433 e. The standard InChI is InChI=1S/C11H13N3O4/c1-8(2)13-6-5-12(11(13)15)7-9-3-4-10(18-9)14(16)17/h3-6,8H,7H2,1-2H3. The van der Waals surface area contributed by atoms with Gasteiger partial charge < -0.3 is 4.42 Å². The molecule has 0 saturated heterocycles. The van der Waals surface area contributed by atoms with Crippen LogP contribution in [0.5, 0.6) is 0 Å². The predicted molar refractivity (Wildman–Crippen MR) is 63.5 cm³/mol. The normalized spacial score (nSPS) is 11.1. The number of aromatic nitrogens is 2. The number of furan rings is 1. The van der Waals surface area contributed by atoms with Gasteiger partial charge in [0.05, 0.1) is 12.6 Å². The molecule has 2 aromatic heterocycles. The molecule has 2 rings (SSSR count). The van der Waals surface area contributed by atoms with Crippen molar-refractivity contribution in [3.8, 4) is 0 Å². The summed E-state index contributed by atoms with van der Waals surface area (Å²) in [5.74, 6) is 0.0617. The van der Waals surface area contributed by atoms with Crippen molar-refractivity contribution in [2.75, 3.05) is 0 Å². The lowest BCUT2D eigenvalue weighted by molar-refractivity contribution is -0.402. The third-order valence-electron chi connectivity index (χ3n) is 2.58. The van der Waals surface area contributed by atoms with Gasteiger partial charge in [0.1, 0.15) is 10.7 Å². The lowest BCUT2D eigenvalue weighted by atomic mass is 10.4. The number of hydrogen-bond donors (Lipinski definition) is 0. The van der Waals surface area contributed by atoms with Crippen LogP contribution in [-0.4, -0.2) is 14.1 Å². The molecule has 0 aliphatic carbocycles. The molecule has 0 unspecified atom stereocenters. The first kappa shape index (κ1) is 12.2. The van der Waals surface area contributed by atoms with E-state index in [1.165, 1.54) is 16.7 Å². The molecule has 0 atom stereocenters. The first-order valence-corrected chi connectivity index (χ1v) is 5.49. The molecule has 0 aliphatic heterocycles. The summed E-state index contributed by atoms with van der Waals surface area (Å²) in [6.07, 6.45) is 3.32. The second-order valence-corrected chi connectivity index (χ2v) is 4.21. The zero-order chi connectivity index (χ0) is 13.3. The summed E-state index contributed by atoms with van der Waals surface area (Å²) in [5.41, 5.74) is -0.163. The first-order chi connectivity index (χ1) is 8.49. The van der Waals surface area contributed by atoms with E-state index >= 15 is 0 Å². The minimum atomic E-state index is -0.606. The Morgan fingerprint density at radius 1 is 1.39 bits per heavy atom. The van der Waals surface area contributed by atoms with Gasteiger partial charge in [-0.25, -0.2) is 4.79 Å². The van der Waals surface area contributed by atoms with E-state index < -0.39 is 4.92 Å². The molecule has 0 aliphatic rings. The van der Waals surface area contributed by atoms with E-state index in [2.05, 4.69) is 0 Å². The van der Waals surface area contributed by atoms with Crippen LogP contribution in [0.1, 0.15) is 25.6 Å². The van der Waals surface area contributed by atoms with Crippen LogP contribution in [0.25, 0.3) is 0 Å². The van der Waals surface area contributed by atoms with Crippen LogP contribution < -0.4 is 5.69 Å². The van der Waals surface area contributed by atoms with E-state index in [0.29, 0.717) is 5.76 Å². The Morgan fingerprint density at radius 2 is 2.11 bits per heavy atom. The smallest absolute Gasteiger partial charge is 0.404 e. The third-order valence-corrected chi connectivity index (χ3v) is 2.58. The van der Waals surface area contributed by atoms with E-state index in [1.807, 2.05) is 13.8 Å². The van der Waals surface area contributed by atoms with Gasteiger partial charge in [0.2, 0.25) is 0 Å². The van der Waals surface area contributed by atoms with Crippen molar-refractivity contribution in [2.24, 2.45) is 0 Å². The molecule has 0 N–H and O–H groups in total. The molecule has 7 nitrogen and oxygen atoms in total. The molecule has 0 radical (unpaired) electrons. The van der Waals surface area contributed by atoms with Crippen LogP contribution in [0.3, 0.4) is 0 Å². The van der Waals surface area contributed by atoms with Crippen LogP contribution >= 0.6 is 0 Å². The summed E-state index contributed by atoms with van der Waals surface area (Å²) in [4.78, 5) is 21.8. The second-order valence-electron chi connectivity index (χ2n) is 4.21. The zero-order valence-corrected chi connectivity index (χ0v) is 10.1. The Morgan fingerprint density at radius 3 is 2.61 bits per heavy atom. The Kier molecular flexibility index (Phi) is 3.05. The molecular weight excluding hydrogens is 238 g/mol. The summed E-state index contributed by atoms with van der Waals surface area (Å²) in [6, 6.07) is 2.85. The molecule has 0 saturated carbocycles. The first-order valence-electron chi connectivity index (χ1n) is 5.49. The van der Waals surface area contributed by atoms with Crippen molar-refractivity contribution >= 4 is 5.88 Å². The van der Waals surface area contributed by atoms with Crippen molar-refractivity contribution in [1.82, 2.24) is 9.13 Å². The second kappa shape index (κ2) is 4.52. The lowest BCUT2D eigenvalue weighted by Gasteiger charge is -2.03. The maximum atomic E-state index is 11.9. The molecule has 18 heavy (non-hydrogen) atoms. The highest BCUT2D eigenvalue weighted by Crippen LogP contribution is 2.16. The predicted octanol–water partition coefficient (Wildman–Crippen LogP) is 1.78. The zero-order valence-electron chi connectivity index (χ0n) is 10.1. The van der Waals surface area contributed by atoms with Crippen molar-refractivity contribution in [3.05, 3.63) is 50.9 Å². The summed E-state index contributed by atoms with van der Waals surface area (Å²) < 4.78 is 8.03. The monoisotopic (exact) mass is 251 g/mol. The van der Waals surface area contributed by atoms with E-state index in [0.717, 1.165) is 0 Å². The van der Waals surface area contributed by atoms with Crippen molar-refractivity contribution < 1.29 is 9.34 Å². The molecule has 96 valence electrons. The minimum absolute atomic E-state index is 0.0738. The SMILES string of the molecule is CC(C)n1ccn(Cc2ccc([N+](=O)[O-])o2)c1=O. The summed E-state index contributed by atoms with van der Waals surface area (Å²) in [6.45, 7) is 4.00. The van der Waals surface area contributed by atoms with Gasteiger partial charge >= 0.3 is 11.6 Å². The highest BCUT2D eigenvalue weighted by atomic mass is 16.6. The van der Waals surface area contributed by atoms with E-state index in [9.17, 15) is 14.9 Å². The van der Waals surface area contributed by atoms with Crippen LogP contribution in [0.15, 0.2) is 33.7 Å². The van der Waals surface area contributed by atoms with Crippen LogP contribution in [0.2, 0.25) is 0 Å². The van der Waals surface area contributed by atoms with Crippen LogP contribution in [0, 0.1) is 10.1 Å². The van der Waals surface area contributed by atoms with E-state index in [4.69, 9.17) is 4.42 Å². The molecule has 0 fully saturated rings. The van der Waals surface area contributed by atoms with E-state index in [1.54, 1.807) is 17.0 Å². The van der Waals surface area contributed by atoms with Gasteiger partial charge in [-0.1, -0.05) is 0 Å². The lowest BCUT2D eigenvalue weighted by Crippen LogP contribution is -2.25. The maximum absolute atomic E-state index is 11.9. The molecule has 0 amide bonds. The highest BCUT2D eigenvalue weighted by molar-refractivity contribution is 5.18. The number of nitrogens with zero attached hydrogens (tertiary/aromatic N) is 3. The van der Waals surface area contributed by atoms with E-state index in [-0.39, 0.29) is 24.2 Å². The molecule has 0 spiro atoms. The molecular formula is C11H13N3O4. The highest BCUT2D eigenvalue weighted by Gasteiger charge is 2.13. The Hall–Kier alpha value is -2.31. The Bertz CT molecular complexity index is 620. The van der Waals surface area contributed by atoms with Gasteiger partial charge in [-0.2, -0.15) is 0 Å². The fraction of sp³-hybridized carbons (Fsp3) is 0.364. The molecule has 2 heterocycles. The van der Waals surface area contributed by atoms with Gasteiger partial charge in [-0.3, -0.25) is 19.2 Å². The van der Waals surface area contributed by atoms with Crippen LogP contribution in [-0.2, 0) is 6.54 Å². The van der Waals surface area contributed by atoms with Crippen molar-refractivity contribution in [2.45, 2.75) is 26.4 Å². The van der Waals surface area contributed by atoms with Crippen molar-refractivity contribution in [3.63, 3.8) is 0 Å². The number of rotatable bonds is 4. The average molecular weight is 251 g/mol. The number of imidazole rings is 1. The fourth-order valence-corrected chi connectivity index (χ4v) is 1.66. The third kappa shape index (κ3) is 2.20. The minimum Gasteiger partial charge on any atom is -0.404 e. The average Bonchev–Trinajstić information content (AvgIpc) is 2.87. The molecule has 7 heteroatoms. The van der Waals surface area contributed by atoms with Crippen LogP contribution in [0.4, 0.5) is 5.88 Å². The molecule has 2 aromatic rings. The summed E-state index contributed by atoms with van der Waals surface area (Å²) >= 11 is 0. The quantitative estimate of drug-likeness (QED) is 0.612. The molecule has 0 aromatic carbocycles. The van der Waals surface area contributed by atoms with Gasteiger partial charge in [-0.15, -0.1) is 0 Å². The number of nitro groups is 1. The number of hydrogen-bond acceptors (Lipinski definition) is 4. The summed E-state index contributed by atoms with van der Waals surface area (Å²) in [7, 11) is 0. The molecule has 0 bridgehead atoms. The fourth-order valence-electron chi connectivity index (χ4n) is 1.66.